The Morgan fingerprint density at radius 1 is 1.10 bits per heavy atom. The second-order valence-corrected chi connectivity index (χ2v) is 9.04. The Bertz CT molecular complexity index is 1010. The summed E-state index contributed by atoms with van der Waals surface area (Å²) in [4.78, 5) is 12.5. The van der Waals surface area contributed by atoms with E-state index < -0.39 is 39.2 Å². The molecule has 164 valence electrons. The maximum absolute atomic E-state index is 14.3. The van der Waals surface area contributed by atoms with Crippen LogP contribution in [0.15, 0.2) is 52.3 Å². The molecular formula is C19H20F4N2O3S2. The number of hydrogen-bond donors (Lipinski definition) is 1. The monoisotopic (exact) mass is 464 g/mol. The van der Waals surface area contributed by atoms with Gasteiger partial charge >= 0.3 is 6.18 Å². The fourth-order valence-corrected chi connectivity index (χ4v) is 4.85. The van der Waals surface area contributed by atoms with Crippen LogP contribution in [0.2, 0.25) is 0 Å². The van der Waals surface area contributed by atoms with Gasteiger partial charge in [-0.1, -0.05) is 26.0 Å². The largest absolute Gasteiger partial charge is 0.398 e. The molecule has 5 nitrogen and oxygen atoms in total. The number of thioether (sulfide) groups is 1. The van der Waals surface area contributed by atoms with Gasteiger partial charge in [0, 0.05) is 18.0 Å². The predicted octanol–water partition coefficient (Wildman–Crippen LogP) is 4.76. The van der Waals surface area contributed by atoms with Crippen molar-refractivity contribution in [2.24, 2.45) is 0 Å². The van der Waals surface area contributed by atoms with E-state index >= 15 is 0 Å². The number of sulfonamides is 1. The van der Waals surface area contributed by atoms with Gasteiger partial charge in [0.05, 0.1) is 21.9 Å². The molecule has 2 aromatic rings. The molecule has 11 heteroatoms. The Morgan fingerprint density at radius 2 is 1.73 bits per heavy atom. The van der Waals surface area contributed by atoms with Gasteiger partial charge in [0.1, 0.15) is 5.82 Å². The van der Waals surface area contributed by atoms with Gasteiger partial charge in [0.25, 0.3) is 5.91 Å². The first-order chi connectivity index (χ1) is 14.0. The number of hydrogen-bond acceptors (Lipinski definition) is 4. The van der Waals surface area contributed by atoms with Gasteiger partial charge in [-0.15, -0.1) is 11.8 Å². The molecule has 0 atom stereocenters. The van der Waals surface area contributed by atoms with Crippen molar-refractivity contribution in [1.82, 2.24) is 4.31 Å². The highest BCUT2D eigenvalue weighted by atomic mass is 32.2. The zero-order chi connectivity index (χ0) is 22.5. The van der Waals surface area contributed by atoms with Crippen LogP contribution < -0.4 is 5.32 Å². The van der Waals surface area contributed by atoms with Crippen LogP contribution in [0.3, 0.4) is 0 Å². The van der Waals surface area contributed by atoms with E-state index in [0.717, 1.165) is 22.5 Å². The summed E-state index contributed by atoms with van der Waals surface area (Å²) in [6.07, 6.45) is -4.40. The summed E-state index contributed by atoms with van der Waals surface area (Å²) in [6.45, 7) is 3.69. The number of para-hydroxylation sites is 1. The number of rotatable bonds is 8. The zero-order valence-electron chi connectivity index (χ0n) is 16.2. The normalized spacial score (nSPS) is 12.2. The average molecular weight is 465 g/mol. The first-order valence-electron chi connectivity index (χ1n) is 8.89. The Labute approximate surface area is 176 Å². The molecule has 0 aliphatic carbocycles. The van der Waals surface area contributed by atoms with Crippen LogP contribution >= 0.6 is 11.8 Å². The summed E-state index contributed by atoms with van der Waals surface area (Å²) in [5, 5.41) is 2.36. The van der Waals surface area contributed by atoms with Crippen LogP contribution in [0, 0.1) is 5.82 Å². The van der Waals surface area contributed by atoms with Crippen LogP contribution in [-0.4, -0.2) is 43.6 Å². The van der Waals surface area contributed by atoms with Crippen molar-refractivity contribution in [3.63, 3.8) is 0 Å². The van der Waals surface area contributed by atoms with Crippen molar-refractivity contribution in [2.45, 2.75) is 29.8 Å². The van der Waals surface area contributed by atoms with Gasteiger partial charge in [-0.3, -0.25) is 4.79 Å². The molecule has 0 aromatic heterocycles. The predicted molar refractivity (Wildman–Crippen MR) is 108 cm³/mol. The lowest BCUT2D eigenvalue weighted by atomic mass is 10.2. The molecule has 0 heterocycles. The molecule has 0 spiro atoms. The third kappa shape index (κ3) is 5.96. The maximum atomic E-state index is 14.3. The lowest BCUT2D eigenvalue weighted by molar-refractivity contribution is -0.105. The standard InChI is InChI=1S/C19H20F4N2O3S2/c1-3-25(4-2)30(27,28)13-9-10-15(20)14(11-13)18(26)24-16-7-5-6-8-17(16)29-12-19(21,22)23/h5-11H,3-4,12H2,1-2H3,(H,24,26). The zero-order valence-corrected chi connectivity index (χ0v) is 17.8. The number of halogens is 4. The van der Waals surface area contributed by atoms with Crippen molar-refractivity contribution in [2.75, 3.05) is 24.2 Å². The van der Waals surface area contributed by atoms with Gasteiger partial charge < -0.3 is 5.32 Å². The molecule has 0 saturated heterocycles. The van der Waals surface area contributed by atoms with Crippen LogP contribution in [0.4, 0.5) is 23.2 Å². The molecule has 0 fully saturated rings. The van der Waals surface area contributed by atoms with E-state index in [-0.39, 0.29) is 28.6 Å². The first kappa shape index (κ1) is 24.2. The smallest absolute Gasteiger partial charge is 0.321 e. The van der Waals surface area contributed by atoms with E-state index in [0.29, 0.717) is 11.8 Å². The van der Waals surface area contributed by atoms with E-state index in [2.05, 4.69) is 5.32 Å². The minimum atomic E-state index is -4.40. The number of alkyl halides is 3. The lowest BCUT2D eigenvalue weighted by Crippen LogP contribution is -2.31. The van der Waals surface area contributed by atoms with Crippen molar-refractivity contribution in [3.8, 4) is 0 Å². The van der Waals surface area contributed by atoms with Crippen molar-refractivity contribution in [1.29, 1.82) is 0 Å². The Hall–Kier alpha value is -2.11. The Balaban J connectivity index is 2.33. The third-order valence-electron chi connectivity index (χ3n) is 4.05. The molecule has 0 aliphatic heterocycles. The van der Waals surface area contributed by atoms with E-state index in [4.69, 9.17) is 0 Å². The number of amides is 1. The maximum Gasteiger partial charge on any atom is 0.398 e. The van der Waals surface area contributed by atoms with Crippen LogP contribution in [-0.2, 0) is 10.0 Å². The molecule has 30 heavy (non-hydrogen) atoms. The van der Waals surface area contributed by atoms with E-state index in [1.165, 1.54) is 24.3 Å². The number of nitrogens with zero attached hydrogens (tertiary/aromatic N) is 1. The molecule has 0 saturated carbocycles. The topological polar surface area (TPSA) is 66.5 Å². The van der Waals surface area contributed by atoms with Crippen LogP contribution in [0.25, 0.3) is 0 Å². The van der Waals surface area contributed by atoms with Gasteiger partial charge in [0.2, 0.25) is 10.0 Å². The van der Waals surface area contributed by atoms with Crippen LogP contribution in [0.5, 0.6) is 0 Å². The van der Waals surface area contributed by atoms with E-state index in [9.17, 15) is 30.8 Å². The molecular weight excluding hydrogens is 444 g/mol. The van der Waals surface area contributed by atoms with Gasteiger partial charge in [-0.05, 0) is 30.3 Å². The second-order valence-electron chi connectivity index (χ2n) is 6.09. The SMILES string of the molecule is CCN(CC)S(=O)(=O)c1ccc(F)c(C(=O)Nc2ccccc2SCC(F)(F)F)c1. The van der Waals surface area contributed by atoms with E-state index in [1.807, 2.05) is 0 Å². The summed E-state index contributed by atoms with van der Waals surface area (Å²) in [5.74, 6) is -3.08. The Morgan fingerprint density at radius 3 is 2.33 bits per heavy atom. The highest BCUT2D eigenvalue weighted by molar-refractivity contribution is 7.99. The lowest BCUT2D eigenvalue weighted by Gasteiger charge is -2.19. The van der Waals surface area contributed by atoms with Gasteiger partial charge in [-0.25, -0.2) is 12.8 Å². The number of benzene rings is 2. The highest BCUT2D eigenvalue weighted by Crippen LogP contribution is 2.32. The van der Waals surface area contributed by atoms with Crippen molar-refractivity contribution in [3.05, 3.63) is 53.8 Å². The van der Waals surface area contributed by atoms with Gasteiger partial charge in [-0.2, -0.15) is 17.5 Å². The summed E-state index contributed by atoms with van der Waals surface area (Å²) in [5.41, 5.74) is -0.466. The molecule has 0 radical (unpaired) electrons. The fraction of sp³-hybridized carbons (Fsp3) is 0.316. The highest BCUT2D eigenvalue weighted by Gasteiger charge is 2.28. The first-order valence-corrected chi connectivity index (χ1v) is 11.3. The van der Waals surface area contributed by atoms with Crippen molar-refractivity contribution < 1.29 is 30.8 Å². The fourth-order valence-electron chi connectivity index (χ4n) is 2.60. The van der Waals surface area contributed by atoms with E-state index in [1.54, 1.807) is 13.8 Å². The number of carbonyl (C=O) groups excluding carboxylic acids is 1. The Kier molecular flexibility index (Phi) is 7.89. The number of nitrogens with one attached hydrogen (secondary N) is 1. The van der Waals surface area contributed by atoms with Gasteiger partial charge in [0.15, 0.2) is 0 Å². The minimum Gasteiger partial charge on any atom is -0.321 e. The molecule has 2 rings (SSSR count). The quantitative estimate of drug-likeness (QED) is 0.452. The van der Waals surface area contributed by atoms with Crippen molar-refractivity contribution >= 4 is 33.4 Å². The summed E-state index contributed by atoms with van der Waals surface area (Å²) < 4.78 is 78.2. The summed E-state index contributed by atoms with van der Waals surface area (Å²) in [6, 6.07) is 8.64. The summed E-state index contributed by atoms with van der Waals surface area (Å²) >= 11 is 0.477. The number of carbonyl (C=O) groups is 1. The molecule has 0 unspecified atom stereocenters. The second kappa shape index (κ2) is 9.80. The number of anilines is 1. The molecule has 1 N–H and O–H groups in total. The molecule has 2 aromatic carbocycles. The van der Waals surface area contributed by atoms with Crippen LogP contribution in [0.1, 0.15) is 24.2 Å². The molecule has 1 amide bonds. The third-order valence-corrected chi connectivity index (χ3v) is 7.24. The molecule has 0 bridgehead atoms. The summed E-state index contributed by atoms with van der Waals surface area (Å²) in [7, 11) is -3.92. The minimum absolute atomic E-state index is 0.0631. The average Bonchev–Trinajstić information content (AvgIpc) is 2.67. The molecule has 0 aliphatic rings.